The van der Waals surface area contributed by atoms with Gasteiger partial charge in [0.15, 0.2) is 0 Å². The molecule has 0 bridgehead atoms. The highest BCUT2D eigenvalue weighted by Crippen LogP contribution is 2.32. The fourth-order valence-electron chi connectivity index (χ4n) is 3.83. The first kappa shape index (κ1) is 18.8. The van der Waals surface area contributed by atoms with Crippen molar-refractivity contribution in [2.45, 2.75) is 52.6 Å². The van der Waals surface area contributed by atoms with Crippen LogP contribution in [0.15, 0.2) is 42.6 Å². The predicted octanol–water partition coefficient (Wildman–Crippen LogP) is 6.05. The summed E-state index contributed by atoms with van der Waals surface area (Å²) in [4.78, 5) is 6.00. The lowest BCUT2D eigenvalue weighted by Crippen LogP contribution is -2.06. The molecular formula is C25H25NOS. The molecular weight excluding hydrogens is 362 g/mol. The van der Waals surface area contributed by atoms with Crippen LogP contribution in [0.3, 0.4) is 0 Å². The van der Waals surface area contributed by atoms with Crippen LogP contribution < -0.4 is 4.74 Å². The molecule has 3 aromatic rings. The van der Waals surface area contributed by atoms with Gasteiger partial charge in [0, 0.05) is 23.1 Å². The van der Waals surface area contributed by atoms with Gasteiger partial charge in [-0.2, -0.15) is 0 Å². The van der Waals surface area contributed by atoms with Gasteiger partial charge < -0.3 is 4.74 Å². The van der Waals surface area contributed by atoms with Crippen molar-refractivity contribution in [2.75, 3.05) is 0 Å². The van der Waals surface area contributed by atoms with Gasteiger partial charge in [-0.05, 0) is 74.9 Å². The lowest BCUT2D eigenvalue weighted by molar-refractivity contribution is 0.242. The molecule has 0 saturated carbocycles. The quantitative estimate of drug-likeness (QED) is 0.497. The third kappa shape index (κ3) is 3.98. The molecule has 0 N–H and O–H groups in total. The molecule has 0 saturated heterocycles. The highest BCUT2D eigenvalue weighted by Gasteiger charge is 2.16. The number of thiazole rings is 1. The Kier molecular flexibility index (Phi) is 5.50. The Morgan fingerprint density at radius 2 is 2.07 bits per heavy atom. The highest BCUT2D eigenvalue weighted by atomic mass is 32.1. The first-order chi connectivity index (χ1) is 13.6. The molecule has 1 aliphatic rings. The Hall–Kier alpha value is -2.57. The van der Waals surface area contributed by atoms with E-state index in [0.29, 0.717) is 0 Å². The summed E-state index contributed by atoms with van der Waals surface area (Å²) in [5.74, 6) is 7.00. The number of aryl methyl sites for hydroxylation is 1. The lowest BCUT2D eigenvalue weighted by atomic mass is 10.0. The summed E-state index contributed by atoms with van der Waals surface area (Å²) in [7, 11) is 0. The fourth-order valence-corrected chi connectivity index (χ4v) is 4.76. The Balaban J connectivity index is 1.60. The van der Waals surface area contributed by atoms with Crippen LogP contribution in [0.5, 0.6) is 5.75 Å². The number of benzene rings is 2. The molecule has 28 heavy (non-hydrogen) atoms. The summed E-state index contributed by atoms with van der Waals surface area (Å²) in [6.45, 7) is 5.92. The zero-order valence-corrected chi connectivity index (χ0v) is 17.5. The molecule has 3 heteroatoms. The largest absolute Gasteiger partial charge is 0.490 e. The summed E-state index contributed by atoms with van der Waals surface area (Å²) >= 11 is 1.77. The van der Waals surface area contributed by atoms with Crippen molar-refractivity contribution in [1.82, 2.24) is 4.98 Å². The van der Waals surface area contributed by atoms with Crippen molar-refractivity contribution in [3.63, 3.8) is 0 Å². The fraction of sp³-hybridized carbons (Fsp3) is 0.320. The molecule has 0 fully saturated rings. The molecule has 142 valence electrons. The minimum absolute atomic E-state index is 0.127. The molecule has 4 rings (SSSR count). The van der Waals surface area contributed by atoms with E-state index >= 15 is 0 Å². The number of aromatic nitrogens is 1. The van der Waals surface area contributed by atoms with Gasteiger partial charge in [0.2, 0.25) is 0 Å². The van der Waals surface area contributed by atoms with Gasteiger partial charge >= 0.3 is 0 Å². The Bertz CT molecular complexity index is 1050. The van der Waals surface area contributed by atoms with Crippen molar-refractivity contribution in [3.05, 3.63) is 69.7 Å². The number of hydrogen-bond donors (Lipinski definition) is 0. The van der Waals surface area contributed by atoms with Gasteiger partial charge in [0.25, 0.3) is 0 Å². The van der Waals surface area contributed by atoms with Gasteiger partial charge in [-0.1, -0.05) is 24.1 Å². The SMILES string of the molecule is CC#Cc1cc(-c2ncc(Cc3cccc4c3CCC4)s2)ccc1OC(C)C. The lowest BCUT2D eigenvalue weighted by Gasteiger charge is -2.12. The zero-order valence-electron chi connectivity index (χ0n) is 16.7. The maximum absolute atomic E-state index is 5.90. The second-order valence-electron chi connectivity index (χ2n) is 7.47. The summed E-state index contributed by atoms with van der Waals surface area (Å²) in [6.07, 6.45) is 6.85. The topological polar surface area (TPSA) is 22.1 Å². The number of rotatable bonds is 5. The molecule has 0 radical (unpaired) electrons. The smallest absolute Gasteiger partial charge is 0.135 e. The second kappa shape index (κ2) is 8.20. The minimum Gasteiger partial charge on any atom is -0.490 e. The summed E-state index contributed by atoms with van der Waals surface area (Å²) in [6, 6.07) is 12.9. The molecule has 0 unspecified atom stereocenters. The van der Waals surface area contributed by atoms with Crippen molar-refractivity contribution in [2.24, 2.45) is 0 Å². The average Bonchev–Trinajstić information content (AvgIpc) is 3.33. The molecule has 1 aliphatic carbocycles. The van der Waals surface area contributed by atoms with Crippen molar-refractivity contribution < 1.29 is 4.74 Å². The van der Waals surface area contributed by atoms with E-state index in [2.05, 4.69) is 42.2 Å². The van der Waals surface area contributed by atoms with E-state index < -0.39 is 0 Å². The summed E-state index contributed by atoms with van der Waals surface area (Å²) < 4.78 is 5.90. The maximum Gasteiger partial charge on any atom is 0.135 e. The Morgan fingerprint density at radius 3 is 2.89 bits per heavy atom. The number of nitrogens with zero attached hydrogens (tertiary/aromatic N) is 1. The molecule has 0 spiro atoms. The third-order valence-corrected chi connectivity index (χ3v) is 6.06. The summed E-state index contributed by atoms with van der Waals surface area (Å²) in [5.41, 5.74) is 6.58. The number of fused-ring (bicyclic) bond motifs is 1. The van der Waals surface area contributed by atoms with E-state index in [1.807, 2.05) is 33.0 Å². The van der Waals surface area contributed by atoms with Crippen molar-refractivity contribution in [3.8, 4) is 28.2 Å². The number of hydrogen-bond acceptors (Lipinski definition) is 3. The van der Waals surface area contributed by atoms with Gasteiger partial charge in [-0.25, -0.2) is 4.98 Å². The Morgan fingerprint density at radius 1 is 1.18 bits per heavy atom. The van der Waals surface area contributed by atoms with Crippen LogP contribution in [0.1, 0.15) is 54.3 Å². The van der Waals surface area contributed by atoms with Crippen molar-refractivity contribution >= 4 is 11.3 Å². The monoisotopic (exact) mass is 387 g/mol. The van der Waals surface area contributed by atoms with E-state index in [1.165, 1.54) is 35.3 Å². The van der Waals surface area contributed by atoms with Crippen LogP contribution >= 0.6 is 11.3 Å². The number of ether oxygens (including phenoxy) is 1. The minimum atomic E-state index is 0.127. The third-order valence-electron chi connectivity index (χ3n) is 5.01. The summed E-state index contributed by atoms with van der Waals surface area (Å²) in [5, 5.41) is 1.04. The standard InChI is InChI=1S/C25H25NOS/c1-4-7-20-14-21(12-13-24(20)27-17(2)3)25-26-16-22(28-25)15-19-10-5-8-18-9-6-11-23(18)19/h5,8,10,12-14,16-17H,6,9,11,15H2,1-3H3. The molecule has 0 amide bonds. The van der Waals surface area contributed by atoms with Gasteiger partial charge in [0.1, 0.15) is 10.8 Å². The van der Waals surface area contributed by atoms with E-state index in [9.17, 15) is 0 Å². The molecule has 1 heterocycles. The average molecular weight is 388 g/mol. The van der Waals surface area contributed by atoms with Crippen LogP contribution in [-0.2, 0) is 19.3 Å². The normalized spacial score (nSPS) is 12.6. The molecule has 2 nitrogen and oxygen atoms in total. The van der Waals surface area contributed by atoms with E-state index in [1.54, 1.807) is 16.9 Å². The van der Waals surface area contributed by atoms with E-state index in [4.69, 9.17) is 9.72 Å². The molecule has 0 atom stereocenters. The van der Waals surface area contributed by atoms with Crippen LogP contribution in [0.2, 0.25) is 0 Å². The Labute approximate surface area is 171 Å². The van der Waals surface area contributed by atoms with Gasteiger partial charge in [-0.15, -0.1) is 17.3 Å². The van der Waals surface area contributed by atoms with E-state index in [-0.39, 0.29) is 6.10 Å². The zero-order chi connectivity index (χ0) is 19.5. The van der Waals surface area contributed by atoms with Crippen LogP contribution in [-0.4, -0.2) is 11.1 Å². The van der Waals surface area contributed by atoms with E-state index in [0.717, 1.165) is 28.3 Å². The van der Waals surface area contributed by atoms with Crippen LogP contribution in [0, 0.1) is 11.8 Å². The van der Waals surface area contributed by atoms with Crippen molar-refractivity contribution in [1.29, 1.82) is 0 Å². The maximum atomic E-state index is 5.90. The van der Waals surface area contributed by atoms with Crippen LogP contribution in [0.25, 0.3) is 10.6 Å². The first-order valence-electron chi connectivity index (χ1n) is 9.92. The van der Waals surface area contributed by atoms with Gasteiger partial charge in [0.05, 0.1) is 11.7 Å². The van der Waals surface area contributed by atoms with Crippen LogP contribution in [0.4, 0.5) is 0 Å². The predicted molar refractivity (Wildman–Crippen MR) is 117 cm³/mol. The molecule has 2 aromatic carbocycles. The molecule has 1 aromatic heterocycles. The molecule has 0 aliphatic heterocycles. The van der Waals surface area contributed by atoms with Gasteiger partial charge in [-0.3, -0.25) is 0 Å². The second-order valence-corrected chi connectivity index (χ2v) is 8.58. The highest BCUT2D eigenvalue weighted by molar-refractivity contribution is 7.15. The first-order valence-corrected chi connectivity index (χ1v) is 10.7.